The molecule has 1 saturated heterocycles. The second-order valence-corrected chi connectivity index (χ2v) is 9.68. The Kier molecular flexibility index (Phi) is 8.06. The number of nitrogens with zero attached hydrogens (tertiary/aromatic N) is 3. The molecular formula is C25H16F4N4O4S2. The Balaban J connectivity index is 1.43. The molecule has 1 aliphatic rings. The molecule has 0 bridgehead atoms. The van der Waals surface area contributed by atoms with Crippen LogP contribution in [0.4, 0.5) is 23.2 Å². The van der Waals surface area contributed by atoms with Crippen LogP contribution >= 0.6 is 24.0 Å². The number of carbonyl (C=O) groups is 3. The van der Waals surface area contributed by atoms with Crippen LogP contribution in [0.5, 0.6) is 0 Å². The highest BCUT2D eigenvalue weighted by Crippen LogP contribution is 2.35. The first-order chi connectivity index (χ1) is 18.4. The van der Waals surface area contributed by atoms with Gasteiger partial charge in [-0.2, -0.15) is 13.2 Å². The zero-order valence-corrected chi connectivity index (χ0v) is 21.2. The minimum Gasteiger partial charge on any atom is -0.477 e. The summed E-state index contributed by atoms with van der Waals surface area (Å²) in [6.07, 6.45) is -2.36. The number of amides is 2. The van der Waals surface area contributed by atoms with Crippen molar-refractivity contribution >= 4 is 57.8 Å². The highest BCUT2D eigenvalue weighted by molar-refractivity contribution is 8.26. The molecule has 14 heteroatoms. The maximum absolute atomic E-state index is 13.7. The molecule has 0 radical (unpaired) electrons. The molecule has 4 rings (SSSR count). The molecular weight excluding hydrogens is 560 g/mol. The number of benzene rings is 1. The monoisotopic (exact) mass is 576 g/mol. The molecule has 1 aliphatic heterocycles. The van der Waals surface area contributed by atoms with Crippen molar-refractivity contribution in [1.82, 2.24) is 14.9 Å². The van der Waals surface area contributed by atoms with Crippen molar-refractivity contribution < 1.29 is 37.1 Å². The summed E-state index contributed by atoms with van der Waals surface area (Å²) in [5, 5.41) is 11.4. The minimum absolute atomic E-state index is 0.0300. The van der Waals surface area contributed by atoms with E-state index in [-0.39, 0.29) is 50.5 Å². The van der Waals surface area contributed by atoms with Gasteiger partial charge in [0.2, 0.25) is 5.91 Å². The third-order valence-electron chi connectivity index (χ3n) is 5.32. The lowest BCUT2D eigenvalue weighted by Gasteiger charge is -2.14. The van der Waals surface area contributed by atoms with Crippen LogP contribution in [-0.2, 0) is 15.8 Å². The summed E-state index contributed by atoms with van der Waals surface area (Å²) in [4.78, 5) is 45.5. The predicted molar refractivity (Wildman–Crippen MR) is 139 cm³/mol. The zero-order chi connectivity index (χ0) is 28.3. The number of nitrogens with one attached hydrogen (secondary N) is 1. The largest absolute Gasteiger partial charge is 0.477 e. The third kappa shape index (κ3) is 6.64. The molecule has 0 spiro atoms. The van der Waals surface area contributed by atoms with Crippen molar-refractivity contribution in [3.05, 3.63) is 82.4 Å². The fourth-order valence-corrected chi connectivity index (χ4v) is 4.75. The van der Waals surface area contributed by atoms with E-state index < -0.39 is 35.3 Å². The molecule has 2 N–H and O–H groups in total. The van der Waals surface area contributed by atoms with Gasteiger partial charge in [-0.1, -0.05) is 30.0 Å². The van der Waals surface area contributed by atoms with Gasteiger partial charge in [0.15, 0.2) is 0 Å². The summed E-state index contributed by atoms with van der Waals surface area (Å²) in [5.41, 5.74) is -0.852. The quantitative estimate of drug-likeness (QED) is 0.224. The maximum atomic E-state index is 13.7. The van der Waals surface area contributed by atoms with E-state index in [1.807, 2.05) is 0 Å². The lowest BCUT2D eigenvalue weighted by Crippen LogP contribution is -2.31. The van der Waals surface area contributed by atoms with Crippen LogP contribution < -0.4 is 5.32 Å². The Bertz CT molecular complexity index is 1510. The Hall–Kier alpha value is -4.17. The van der Waals surface area contributed by atoms with Crippen molar-refractivity contribution in [2.75, 3.05) is 11.9 Å². The molecule has 2 aromatic heterocycles. The first-order valence-corrected chi connectivity index (χ1v) is 12.2. The van der Waals surface area contributed by atoms with Gasteiger partial charge in [-0.15, -0.1) is 0 Å². The zero-order valence-electron chi connectivity index (χ0n) is 19.5. The molecule has 2 amide bonds. The van der Waals surface area contributed by atoms with Gasteiger partial charge in [0.1, 0.15) is 15.8 Å². The second-order valence-electron chi connectivity index (χ2n) is 8.01. The molecule has 1 fully saturated rings. The summed E-state index contributed by atoms with van der Waals surface area (Å²) in [5.74, 6) is -3.53. The first kappa shape index (κ1) is 27.9. The SMILES string of the molecule is O=C(CCN1C(=O)/C(=C/c2cccc(-c3ccc(F)c(C(F)(F)F)c3)n2)SC1=S)Nc1ccc(C(=O)O)nc1. The van der Waals surface area contributed by atoms with Gasteiger partial charge in [-0.25, -0.2) is 19.2 Å². The van der Waals surface area contributed by atoms with Crippen LogP contribution in [0.1, 0.15) is 28.2 Å². The number of pyridine rings is 2. The van der Waals surface area contributed by atoms with Crippen LogP contribution in [-0.4, -0.2) is 48.6 Å². The second kappa shape index (κ2) is 11.3. The molecule has 1 aromatic carbocycles. The van der Waals surface area contributed by atoms with E-state index in [9.17, 15) is 31.9 Å². The maximum Gasteiger partial charge on any atom is 0.419 e. The lowest BCUT2D eigenvalue weighted by molar-refractivity contribution is -0.140. The number of thioether (sulfide) groups is 1. The molecule has 0 saturated carbocycles. The van der Waals surface area contributed by atoms with Gasteiger partial charge in [-0.05, 0) is 48.5 Å². The molecule has 200 valence electrons. The van der Waals surface area contributed by atoms with E-state index in [0.717, 1.165) is 17.8 Å². The number of carbonyl (C=O) groups excluding carboxylic acids is 2. The number of hydrogen-bond acceptors (Lipinski definition) is 7. The summed E-state index contributed by atoms with van der Waals surface area (Å²) < 4.78 is 53.2. The molecule has 0 aliphatic carbocycles. The third-order valence-corrected chi connectivity index (χ3v) is 6.70. The van der Waals surface area contributed by atoms with E-state index in [2.05, 4.69) is 15.3 Å². The number of carboxylic acid groups (broad SMARTS) is 1. The van der Waals surface area contributed by atoms with E-state index in [4.69, 9.17) is 17.3 Å². The molecule has 39 heavy (non-hydrogen) atoms. The van der Waals surface area contributed by atoms with Crippen LogP contribution in [0.2, 0.25) is 0 Å². The molecule has 3 aromatic rings. The fourth-order valence-electron chi connectivity index (χ4n) is 3.45. The Labute approximate surface area is 227 Å². The summed E-state index contributed by atoms with van der Waals surface area (Å²) >= 11 is 6.24. The van der Waals surface area contributed by atoms with E-state index in [1.165, 1.54) is 47.5 Å². The number of aromatic nitrogens is 2. The Morgan fingerprint density at radius 3 is 2.59 bits per heavy atom. The fraction of sp³-hybridized carbons (Fsp3) is 0.120. The van der Waals surface area contributed by atoms with Crippen molar-refractivity contribution in [3.63, 3.8) is 0 Å². The number of thiocarbonyl (C=S) groups is 1. The van der Waals surface area contributed by atoms with Gasteiger partial charge in [0.05, 0.1) is 33.7 Å². The number of aromatic carboxylic acids is 1. The molecule has 3 heterocycles. The van der Waals surface area contributed by atoms with E-state index in [1.54, 1.807) is 6.07 Å². The summed E-state index contributed by atoms with van der Waals surface area (Å²) in [7, 11) is 0. The van der Waals surface area contributed by atoms with Crippen molar-refractivity contribution in [1.29, 1.82) is 0 Å². The van der Waals surface area contributed by atoms with Crippen molar-refractivity contribution in [2.24, 2.45) is 0 Å². The number of anilines is 1. The van der Waals surface area contributed by atoms with E-state index >= 15 is 0 Å². The standard InChI is InChI=1S/C25H16F4N4O4S2/c26-17-6-4-13(10-16(17)25(27,28)29)18-3-1-2-14(31-18)11-20-22(35)33(24(38)39-20)9-8-21(34)32-15-5-7-19(23(36)37)30-12-15/h1-7,10-12H,8-9H2,(H,32,34)(H,36,37)/b20-11-. The summed E-state index contributed by atoms with van der Waals surface area (Å²) in [6, 6.07) is 9.72. The van der Waals surface area contributed by atoms with Crippen molar-refractivity contribution in [2.45, 2.75) is 12.6 Å². The van der Waals surface area contributed by atoms with Gasteiger partial charge >= 0.3 is 12.1 Å². The van der Waals surface area contributed by atoms with Crippen LogP contribution in [0, 0.1) is 5.82 Å². The van der Waals surface area contributed by atoms with Crippen LogP contribution in [0.25, 0.3) is 17.3 Å². The highest BCUT2D eigenvalue weighted by Gasteiger charge is 2.34. The predicted octanol–water partition coefficient (Wildman–Crippen LogP) is 5.23. The van der Waals surface area contributed by atoms with Gasteiger partial charge in [-0.3, -0.25) is 14.5 Å². The normalized spacial score (nSPS) is 14.7. The Morgan fingerprint density at radius 1 is 1.15 bits per heavy atom. The topological polar surface area (TPSA) is 112 Å². The Morgan fingerprint density at radius 2 is 1.92 bits per heavy atom. The average Bonchev–Trinajstić information content (AvgIpc) is 3.14. The number of alkyl halides is 3. The number of carboxylic acids is 1. The minimum atomic E-state index is -4.87. The van der Waals surface area contributed by atoms with Gasteiger partial charge < -0.3 is 10.4 Å². The highest BCUT2D eigenvalue weighted by atomic mass is 32.2. The number of halogens is 4. The van der Waals surface area contributed by atoms with Crippen molar-refractivity contribution in [3.8, 4) is 11.3 Å². The smallest absolute Gasteiger partial charge is 0.419 e. The number of rotatable bonds is 7. The first-order valence-electron chi connectivity index (χ1n) is 11.0. The van der Waals surface area contributed by atoms with Gasteiger partial charge in [0, 0.05) is 18.5 Å². The number of hydrogen-bond donors (Lipinski definition) is 2. The van der Waals surface area contributed by atoms with Crippen LogP contribution in [0.3, 0.4) is 0 Å². The van der Waals surface area contributed by atoms with E-state index in [0.29, 0.717) is 6.07 Å². The molecule has 0 atom stereocenters. The molecule has 8 nitrogen and oxygen atoms in total. The van der Waals surface area contributed by atoms with Gasteiger partial charge in [0.25, 0.3) is 5.91 Å². The summed E-state index contributed by atoms with van der Waals surface area (Å²) in [6.45, 7) is -0.0300. The average molecular weight is 577 g/mol. The van der Waals surface area contributed by atoms with Crippen LogP contribution in [0.15, 0.2) is 59.6 Å². The molecule has 0 unspecified atom stereocenters. The lowest BCUT2D eigenvalue weighted by atomic mass is 10.1.